The minimum absolute atomic E-state index is 0.466. The van der Waals surface area contributed by atoms with Crippen LogP contribution in [-0.4, -0.2) is 36.4 Å². The second-order valence-electron chi connectivity index (χ2n) is 3.72. The molecule has 0 saturated carbocycles. The minimum atomic E-state index is 0.466. The van der Waals surface area contributed by atoms with Gasteiger partial charge >= 0.3 is 0 Å². The van der Waals surface area contributed by atoms with Gasteiger partial charge in [0, 0.05) is 13.2 Å². The number of imidazole rings is 1. The molecule has 0 aliphatic rings. The first-order chi connectivity index (χ1) is 8.70. The molecule has 0 radical (unpaired) electrons. The molecular weight excluding hydrogens is 252 g/mol. The summed E-state index contributed by atoms with van der Waals surface area (Å²) in [5, 5.41) is 4.12. The number of methoxy groups -OCH3 is 1. The van der Waals surface area contributed by atoms with Crippen molar-refractivity contribution in [3.63, 3.8) is 0 Å². The van der Waals surface area contributed by atoms with Gasteiger partial charge in [-0.3, -0.25) is 9.25 Å². The number of aromatic nitrogens is 6. The predicted molar refractivity (Wildman–Crippen MR) is 67.4 cm³/mol. The van der Waals surface area contributed by atoms with Gasteiger partial charge in [-0.05, 0) is 12.2 Å². The number of aryl methyl sites for hydroxylation is 1. The fourth-order valence-corrected chi connectivity index (χ4v) is 2.11. The molecule has 3 rings (SSSR count). The van der Waals surface area contributed by atoms with Gasteiger partial charge in [0.05, 0.1) is 19.0 Å². The fraction of sp³-hybridized carbons (Fsp3) is 0.200. The summed E-state index contributed by atoms with van der Waals surface area (Å²) in [6.45, 7) is 0. The second kappa shape index (κ2) is 3.91. The molecule has 0 fully saturated rings. The van der Waals surface area contributed by atoms with Gasteiger partial charge in [-0.15, -0.1) is 0 Å². The molecular formula is C10H10N6OS. The van der Waals surface area contributed by atoms with Gasteiger partial charge in [0.15, 0.2) is 10.4 Å². The highest BCUT2D eigenvalue weighted by Crippen LogP contribution is 2.22. The van der Waals surface area contributed by atoms with Gasteiger partial charge < -0.3 is 9.72 Å². The summed E-state index contributed by atoms with van der Waals surface area (Å²) in [6.07, 6.45) is 5.02. The van der Waals surface area contributed by atoms with E-state index in [0.29, 0.717) is 21.8 Å². The van der Waals surface area contributed by atoms with Crippen LogP contribution in [0, 0.1) is 4.77 Å². The Labute approximate surface area is 107 Å². The van der Waals surface area contributed by atoms with Crippen molar-refractivity contribution in [2.75, 3.05) is 7.11 Å². The Bertz CT molecular complexity index is 770. The second-order valence-corrected chi connectivity index (χ2v) is 4.11. The molecule has 3 aromatic heterocycles. The Morgan fingerprint density at radius 3 is 2.89 bits per heavy atom. The molecule has 1 N–H and O–H groups in total. The highest BCUT2D eigenvalue weighted by atomic mass is 32.1. The third-order valence-corrected chi connectivity index (χ3v) is 2.87. The number of nitrogens with one attached hydrogen (secondary N) is 1. The number of ether oxygens (including phenoxy) is 1. The molecule has 3 heterocycles. The number of hydrogen-bond acceptors (Lipinski definition) is 5. The van der Waals surface area contributed by atoms with Crippen molar-refractivity contribution in [1.82, 2.24) is 29.3 Å². The molecule has 0 aliphatic heterocycles. The zero-order chi connectivity index (χ0) is 12.7. The van der Waals surface area contributed by atoms with E-state index in [-0.39, 0.29) is 0 Å². The Morgan fingerprint density at radius 1 is 1.39 bits per heavy atom. The first-order valence-corrected chi connectivity index (χ1v) is 5.60. The van der Waals surface area contributed by atoms with E-state index in [1.807, 2.05) is 13.2 Å². The van der Waals surface area contributed by atoms with Crippen molar-refractivity contribution < 1.29 is 4.74 Å². The van der Waals surface area contributed by atoms with E-state index in [9.17, 15) is 0 Å². The molecule has 0 bridgehead atoms. The molecule has 18 heavy (non-hydrogen) atoms. The van der Waals surface area contributed by atoms with Crippen LogP contribution in [0.3, 0.4) is 0 Å². The summed E-state index contributed by atoms with van der Waals surface area (Å²) >= 11 is 5.30. The van der Waals surface area contributed by atoms with Crippen LogP contribution in [0.2, 0.25) is 0 Å². The molecule has 0 aliphatic carbocycles. The lowest BCUT2D eigenvalue weighted by atomic mass is 10.5. The normalized spacial score (nSPS) is 11.0. The number of hydrogen-bond donors (Lipinski definition) is 1. The molecule has 0 amide bonds. The van der Waals surface area contributed by atoms with Crippen LogP contribution in [0.5, 0.6) is 5.88 Å². The molecule has 0 saturated heterocycles. The van der Waals surface area contributed by atoms with Crippen molar-refractivity contribution in [2.24, 2.45) is 7.05 Å². The summed E-state index contributed by atoms with van der Waals surface area (Å²) in [4.78, 5) is 11.3. The zero-order valence-electron chi connectivity index (χ0n) is 9.78. The molecule has 92 valence electrons. The van der Waals surface area contributed by atoms with Crippen LogP contribution in [0.25, 0.3) is 16.9 Å². The van der Waals surface area contributed by atoms with Crippen LogP contribution in [0.4, 0.5) is 0 Å². The van der Waals surface area contributed by atoms with Crippen LogP contribution in [0.15, 0.2) is 18.7 Å². The largest absolute Gasteiger partial charge is 0.479 e. The third kappa shape index (κ3) is 1.50. The Morgan fingerprint density at radius 2 is 2.22 bits per heavy atom. The summed E-state index contributed by atoms with van der Waals surface area (Å²) in [6, 6.07) is 0. The molecule has 0 spiro atoms. The standard InChI is InChI=1S/C10H10N6OS/c1-15-4-6(3-13-15)16-8-7(14-10(16)18)9(17-2)12-5-11-8/h3-5H,1-2H3,(H,14,18). The number of nitrogens with zero attached hydrogens (tertiary/aromatic N) is 5. The van der Waals surface area contributed by atoms with E-state index < -0.39 is 0 Å². The first-order valence-electron chi connectivity index (χ1n) is 5.19. The molecule has 0 unspecified atom stereocenters. The summed E-state index contributed by atoms with van der Waals surface area (Å²) in [5.74, 6) is 0.466. The van der Waals surface area contributed by atoms with Crippen LogP contribution in [-0.2, 0) is 7.05 Å². The van der Waals surface area contributed by atoms with Gasteiger partial charge in [-0.25, -0.2) is 4.98 Å². The van der Waals surface area contributed by atoms with Gasteiger partial charge in [-0.2, -0.15) is 10.1 Å². The minimum Gasteiger partial charge on any atom is -0.479 e. The van der Waals surface area contributed by atoms with Gasteiger partial charge in [0.1, 0.15) is 11.8 Å². The maximum atomic E-state index is 5.30. The first kappa shape index (κ1) is 10.9. The lowest BCUT2D eigenvalue weighted by Gasteiger charge is -2.00. The average Bonchev–Trinajstić information content (AvgIpc) is 2.91. The summed E-state index contributed by atoms with van der Waals surface area (Å²) in [5.41, 5.74) is 2.18. The van der Waals surface area contributed by atoms with Gasteiger partial charge in [0.25, 0.3) is 0 Å². The zero-order valence-corrected chi connectivity index (χ0v) is 10.6. The van der Waals surface area contributed by atoms with Crippen molar-refractivity contribution in [2.45, 2.75) is 0 Å². The van der Waals surface area contributed by atoms with Crippen molar-refractivity contribution in [3.05, 3.63) is 23.5 Å². The smallest absolute Gasteiger partial charge is 0.242 e. The van der Waals surface area contributed by atoms with Crippen molar-refractivity contribution in [1.29, 1.82) is 0 Å². The van der Waals surface area contributed by atoms with Gasteiger partial charge in [-0.1, -0.05) is 0 Å². The summed E-state index contributed by atoms with van der Waals surface area (Å²) < 4.78 is 9.20. The van der Waals surface area contributed by atoms with Crippen molar-refractivity contribution in [3.8, 4) is 11.6 Å². The molecule has 7 nitrogen and oxygen atoms in total. The van der Waals surface area contributed by atoms with E-state index in [2.05, 4.69) is 20.1 Å². The molecule has 0 aromatic carbocycles. The highest BCUT2D eigenvalue weighted by Gasteiger charge is 2.13. The van der Waals surface area contributed by atoms with E-state index in [4.69, 9.17) is 17.0 Å². The average molecular weight is 262 g/mol. The van der Waals surface area contributed by atoms with E-state index in [1.165, 1.54) is 6.33 Å². The Balaban J connectivity index is 2.36. The third-order valence-electron chi connectivity index (χ3n) is 2.58. The number of fused-ring (bicyclic) bond motifs is 1. The number of aromatic amines is 1. The molecule has 8 heteroatoms. The Kier molecular flexibility index (Phi) is 2.37. The highest BCUT2D eigenvalue weighted by molar-refractivity contribution is 7.71. The topological polar surface area (TPSA) is 73.6 Å². The van der Waals surface area contributed by atoms with E-state index >= 15 is 0 Å². The predicted octanol–water partition coefficient (Wildman–Crippen LogP) is 1.22. The van der Waals surface area contributed by atoms with Gasteiger partial charge in [0.2, 0.25) is 5.88 Å². The van der Waals surface area contributed by atoms with Crippen LogP contribution >= 0.6 is 12.2 Å². The lowest BCUT2D eigenvalue weighted by Crippen LogP contribution is -1.95. The quantitative estimate of drug-likeness (QED) is 0.703. The number of H-pyrrole nitrogens is 1. The summed E-state index contributed by atoms with van der Waals surface area (Å²) in [7, 11) is 3.40. The number of rotatable bonds is 2. The van der Waals surface area contributed by atoms with Crippen LogP contribution in [0.1, 0.15) is 0 Å². The van der Waals surface area contributed by atoms with Crippen molar-refractivity contribution >= 4 is 23.4 Å². The lowest BCUT2D eigenvalue weighted by molar-refractivity contribution is 0.401. The fourth-order valence-electron chi connectivity index (χ4n) is 1.82. The maximum Gasteiger partial charge on any atom is 0.242 e. The Hall–Kier alpha value is -2.22. The molecule has 3 aromatic rings. The van der Waals surface area contributed by atoms with Crippen LogP contribution < -0.4 is 4.74 Å². The monoisotopic (exact) mass is 262 g/mol. The molecule has 0 atom stereocenters. The maximum absolute atomic E-state index is 5.30. The van der Waals surface area contributed by atoms with E-state index in [0.717, 1.165) is 5.69 Å². The SMILES string of the molecule is COc1ncnc2c1[nH]c(=S)n2-c1cnn(C)c1. The van der Waals surface area contributed by atoms with E-state index in [1.54, 1.807) is 22.6 Å².